The lowest BCUT2D eigenvalue weighted by Crippen LogP contribution is -2.28. The van der Waals surface area contributed by atoms with Crippen LogP contribution in [0.4, 0.5) is 28.4 Å². The number of anilines is 5. The van der Waals surface area contributed by atoms with Crippen LogP contribution >= 0.6 is 0 Å². The topological polar surface area (TPSA) is 16.3 Å². The van der Waals surface area contributed by atoms with Gasteiger partial charge in [-0.1, -0.05) is 115 Å². The van der Waals surface area contributed by atoms with E-state index in [-0.39, 0.29) is 6.04 Å². The first-order valence-electron chi connectivity index (χ1n) is 20.5. The molecule has 59 heavy (non-hydrogen) atoms. The van der Waals surface area contributed by atoms with E-state index in [0.29, 0.717) is 5.92 Å². The molecule has 0 bridgehead atoms. The Balaban J connectivity index is 1.08. The number of aryl methyl sites for hydroxylation is 1. The molecule has 12 rings (SSSR count). The number of rotatable bonds is 6. The van der Waals surface area contributed by atoms with Crippen molar-refractivity contribution in [3.05, 3.63) is 223 Å². The maximum absolute atomic E-state index is 2.54. The lowest BCUT2D eigenvalue weighted by Gasteiger charge is -2.29. The molecule has 4 nitrogen and oxygen atoms in total. The molecule has 2 atom stereocenters. The number of para-hydroxylation sites is 4. The maximum Gasteiger partial charge on any atom is 0.0629 e. The molecule has 4 heteroatoms. The van der Waals surface area contributed by atoms with Crippen molar-refractivity contribution >= 4 is 72.0 Å². The van der Waals surface area contributed by atoms with Crippen molar-refractivity contribution < 1.29 is 0 Å². The second-order valence-electron chi connectivity index (χ2n) is 15.8. The summed E-state index contributed by atoms with van der Waals surface area (Å²) in [4.78, 5) is 4.96. The van der Waals surface area contributed by atoms with Crippen LogP contribution in [-0.2, 0) is 0 Å². The predicted molar refractivity (Wildman–Crippen MR) is 248 cm³/mol. The number of fused-ring (bicyclic) bond motifs is 9. The molecule has 1 aliphatic carbocycles. The van der Waals surface area contributed by atoms with E-state index in [1.807, 2.05) is 0 Å². The van der Waals surface area contributed by atoms with Gasteiger partial charge in [0.1, 0.15) is 0 Å². The van der Waals surface area contributed by atoms with E-state index in [0.717, 1.165) is 28.4 Å². The molecule has 0 saturated heterocycles. The van der Waals surface area contributed by atoms with Crippen molar-refractivity contribution in [2.24, 2.45) is 0 Å². The third kappa shape index (κ3) is 5.23. The lowest BCUT2D eigenvalue weighted by atomic mass is 9.91. The highest BCUT2D eigenvalue weighted by molar-refractivity contribution is 6.13. The Kier molecular flexibility index (Phi) is 7.54. The Bertz CT molecular complexity index is 3300. The van der Waals surface area contributed by atoms with Crippen LogP contribution in [0.5, 0.6) is 0 Å². The molecule has 1 aliphatic heterocycles. The fourth-order valence-electron chi connectivity index (χ4n) is 9.83. The van der Waals surface area contributed by atoms with Crippen LogP contribution in [0.3, 0.4) is 0 Å². The highest BCUT2D eigenvalue weighted by Gasteiger charge is 2.37. The quantitative estimate of drug-likeness (QED) is 0.168. The number of hydrogen-bond donors (Lipinski definition) is 0. The Morgan fingerprint density at radius 3 is 1.63 bits per heavy atom. The minimum absolute atomic E-state index is 0.229. The molecular formula is C55H40N4. The van der Waals surface area contributed by atoms with E-state index < -0.39 is 0 Å². The average Bonchev–Trinajstić information content (AvgIpc) is 3.93. The first-order chi connectivity index (χ1) is 29.2. The van der Waals surface area contributed by atoms with Crippen molar-refractivity contribution in [2.45, 2.75) is 18.9 Å². The van der Waals surface area contributed by atoms with Gasteiger partial charge in [-0.15, -0.1) is 0 Å². The van der Waals surface area contributed by atoms with Crippen LogP contribution in [-0.4, -0.2) is 15.2 Å². The molecule has 0 saturated carbocycles. The van der Waals surface area contributed by atoms with Gasteiger partial charge in [-0.25, -0.2) is 0 Å². The zero-order chi connectivity index (χ0) is 39.0. The highest BCUT2D eigenvalue weighted by atomic mass is 15.2. The third-order valence-electron chi connectivity index (χ3n) is 12.5. The van der Waals surface area contributed by atoms with Crippen LogP contribution in [0.1, 0.15) is 17.0 Å². The van der Waals surface area contributed by atoms with Crippen molar-refractivity contribution in [3.8, 4) is 11.4 Å². The fraction of sp³-hybridized carbons (Fsp3) is 0.0545. The molecule has 0 amide bonds. The minimum Gasteiger partial charge on any atom is -0.333 e. The summed E-state index contributed by atoms with van der Waals surface area (Å²) in [6.07, 6.45) is 9.10. The van der Waals surface area contributed by atoms with Gasteiger partial charge in [-0.2, -0.15) is 0 Å². The fourth-order valence-corrected chi connectivity index (χ4v) is 9.83. The van der Waals surface area contributed by atoms with Gasteiger partial charge < -0.3 is 18.9 Å². The first kappa shape index (κ1) is 33.6. The summed E-state index contributed by atoms with van der Waals surface area (Å²) >= 11 is 0. The van der Waals surface area contributed by atoms with E-state index in [2.05, 4.69) is 238 Å². The number of benzene rings is 8. The maximum atomic E-state index is 2.54. The van der Waals surface area contributed by atoms with Gasteiger partial charge in [0.25, 0.3) is 0 Å². The Morgan fingerprint density at radius 1 is 0.407 bits per heavy atom. The summed E-state index contributed by atoms with van der Waals surface area (Å²) in [7, 11) is 0. The molecule has 0 fully saturated rings. The smallest absolute Gasteiger partial charge is 0.0629 e. The summed E-state index contributed by atoms with van der Waals surface area (Å²) in [6, 6.07) is 69.3. The molecule has 0 N–H and O–H groups in total. The molecular weight excluding hydrogens is 717 g/mol. The number of hydrogen-bond acceptors (Lipinski definition) is 2. The summed E-state index contributed by atoms with van der Waals surface area (Å²) in [6.45, 7) is 2.15. The Hall–Kier alpha value is -7.56. The van der Waals surface area contributed by atoms with E-state index in [9.17, 15) is 0 Å². The van der Waals surface area contributed by atoms with Crippen molar-refractivity contribution in [1.29, 1.82) is 0 Å². The second kappa shape index (κ2) is 13.3. The van der Waals surface area contributed by atoms with Crippen LogP contribution in [0, 0.1) is 6.92 Å². The van der Waals surface area contributed by atoms with Crippen LogP contribution in [0.15, 0.2) is 212 Å². The van der Waals surface area contributed by atoms with E-state index in [1.54, 1.807) is 0 Å². The average molecular weight is 757 g/mol. The van der Waals surface area contributed by atoms with Gasteiger partial charge in [0.05, 0.1) is 28.1 Å². The first-order valence-corrected chi connectivity index (χ1v) is 20.5. The second-order valence-corrected chi connectivity index (χ2v) is 15.8. The summed E-state index contributed by atoms with van der Waals surface area (Å²) < 4.78 is 4.80. The molecule has 0 radical (unpaired) electrons. The third-order valence-corrected chi connectivity index (χ3v) is 12.5. The molecule has 2 aromatic heterocycles. The van der Waals surface area contributed by atoms with Crippen molar-refractivity contribution in [3.63, 3.8) is 0 Å². The summed E-state index contributed by atoms with van der Waals surface area (Å²) in [5.74, 6) is 0.325. The van der Waals surface area contributed by atoms with Gasteiger partial charge >= 0.3 is 0 Å². The van der Waals surface area contributed by atoms with E-state index in [4.69, 9.17) is 0 Å². The summed E-state index contributed by atoms with van der Waals surface area (Å²) in [5.41, 5.74) is 15.5. The lowest BCUT2D eigenvalue weighted by molar-refractivity contribution is 0.745. The van der Waals surface area contributed by atoms with Crippen LogP contribution < -0.4 is 9.80 Å². The highest BCUT2D eigenvalue weighted by Crippen LogP contribution is 2.49. The number of allylic oxidation sites excluding steroid dienone is 2. The van der Waals surface area contributed by atoms with E-state index >= 15 is 0 Å². The summed E-state index contributed by atoms with van der Waals surface area (Å²) in [5, 5.41) is 4.90. The number of nitrogens with zero attached hydrogens (tertiary/aromatic N) is 4. The van der Waals surface area contributed by atoms with Crippen LogP contribution in [0.25, 0.3) is 55.0 Å². The Morgan fingerprint density at radius 2 is 0.932 bits per heavy atom. The zero-order valence-corrected chi connectivity index (χ0v) is 32.7. The van der Waals surface area contributed by atoms with Gasteiger partial charge in [0.15, 0.2) is 0 Å². The zero-order valence-electron chi connectivity index (χ0n) is 32.7. The minimum atomic E-state index is 0.229. The normalized spacial score (nSPS) is 15.7. The SMILES string of the molecule is Cc1ccc(N(c2ccc3c(c2)c2ccccc2n3-c2ccccc2)c2ccc3c(c2)c2cc(N4c5ccccc5C5C=CC=CC54)ccc2n3-c2ccccc2)cc1. The predicted octanol–water partition coefficient (Wildman–Crippen LogP) is 14.4. The van der Waals surface area contributed by atoms with Gasteiger partial charge in [0.2, 0.25) is 0 Å². The number of aromatic nitrogens is 2. The van der Waals surface area contributed by atoms with Gasteiger partial charge in [0, 0.05) is 67.3 Å². The molecule has 10 aromatic rings. The van der Waals surface area contributed by atoms with Gasteiger partial charge in [-0.05, 0) is 116 Å². The molecule has 0 spiro atoms. The monoisotopic (exact) mass is 756 g/mol. The molecule has 3 heterocycles. The van der Waals surface area contributed by atoms with Gasteiger partial charge in [-0.3, -0.25) is 0 Å². The van der Waals surface area contributed by atoms with Crippen molar-refractivity contribution in [2.75, 3.05) is 9.80 Å². The Labute approximate surface area is 343 Å². The standard InChI is InChI=1S/C55H40N4/c1-37-24-26-40(27-25-37)56(41-28-31-53-47(34-41)46-20-10-13-23-52(46)57(53)38-14-4-2-5-15-38)42-29-32-54-48(35-42)49-36-43(30-33-55(49)58(54)39-16-6-3-7-17-39)59-50-21-11-8-18-44(50)45-19-9-12-22-51(45)59/h2-36,44,50H,1H3. The van der Waals surface area contributed by atoms with Crippen molar-refractivity contribution in [1.82, 2.24) is 9.13 Å². The molecule has 280 valence electrons. The molecule has 8 aromatic carbocycles. The van der Waals surface area contributed by atoms with E-state index in [1.165, 1.54) is 66.1 Å². The van der Waals surface area contributed by atoms with Crippen LogP contribution in [0.2, 0.25) is 0 Å². The molecule has 2 unspecified atom stereocenters. The largest absolute Gasteiger partial charge is 0.333 e. The molecule has 2 aliphatic rings.